The monoisotopic (exact) mass is 214 g/mol. The van der Waals surface area contributed by atoms with Crippen molar-refractivity contribution in [2.24, 2.45) is 0 Å². The summed E-state index contributed by atoms with van der Waals surface area (Å²) in [6.45, 7) is 3.41. The predicted octanol–water partition coefficient (Wildman–Crippen LogP) is 2.95. The van der Waals surface area contributed by atoms with Gasteiger partial charge in [0.15, 0.2) is 0 Å². The molecule has 1 fully saturated rings. The fraction of sp³-hybridized carbons (Fsp3) is 0.429. The molecule has 0 spiro atoms. The first-order valence-electron chi connectivity index (χ1n) is 6.13. The molecule has 0 radical (unpaired) electrons. The summed E-state index contributed by atoms with van der Waals surface area (Å²) in [6, 6.07) is 12.2. The number of para-hydroxylation sites is 1. The van der Waals surface area contributed by atoms with Gasteiger partial charge in [-0.1, -0.05) is 18.2 Å². The number of aromatic nitrogens is 1. The fourth-order valence-corrected chi connectivity index (χ4v) is 2.78. The molecule has 16 heavy (non-hydrogen) atoms. The first-order chi connectivity index (χ1) is 7.84. The number of nitrogens with one attached hydrogen (secondary N) is 1. The molecule has 1 aliphatic rings. The van der Waals surface area contributed by atoms with Crippen molar-refractivity contribution in [3.63, 3.8) is 0 Å². The van der Waals surface area contributed by atoms with Crippen molar-refractivity contribution in [3.8, 4) is 0 Å². The Morgan fingerprint density at radius 3 is 3.00 bits per heavy atom. The van der Waals surface area contributed by atoms with Crippen LogP contribution in [0.1, 0.15) is 25.8 Å². The third-order valence-corrected chi connectivity index (χ3v) is 3.62. The second-order valence-corrected chi connectivity index (χ2v) is 4.82. The van der Waals surface area contributed by atoms with E-state index in [0.717, 1.165) is 6.54 Å². The van der Waals surface area contributed by atoms with E-state index in [1.807, 2.05) is 0 Å². The van der Waals surface area contributed by atoms with E-state index in [9.17, 15) is 0 Å². The van der Waals surface area contributed by atoms with Crippen LogP contribution in [0, 0.1) is 0 Å². The Bertz CT molecular complexity index is 486. The average molecular weight is 214 g/mol. The van der Waals surface area contributed by atoms with E-state index in [-0.39, 0.29) is 0 Å². The molecule has 0 unspecified atom stereocenters. The van der Waals surface area contributed by atoms with Gasteiger partial charge >= 0.3 is 0 Å². The summed E-state index contributed by atoms with van der Waals surface area (Å²) < 4.78 is 2.45. The highest BCUT2D eigenvalue weighted by Crippen LogP contribution is 2.27. The van der Waals surface area contributed by atoms with E-state index in [1.54, 1.807) is 0 Å². The number of hydrogen-bond acceptors (Lipinski definition) is 1. The summed E-state index contributed by atoms with van der Waals surface area (Å²) in [7, 11) is 0. The quantitative estimate of drug-likeness (QED) is 0.772. The van der Waals surface area contributed by atoms with Gasteiger partial charge in [0.2, 0.25) is 0 Å². The Kier molecular flexibility index (Phi) is 2.44. The standard InChI is InChI=1S/C14H18N2/c1-11-10-13(6-8-15-11)16-9-7-12-4-2-3-5-14(12)16/h2-5,7,9,11,13,15H,6,8,10H2,1H3/t11-,13+/m1/s1. The van der Waals surface area contributed by atoms with Gasteiger partial charge in [0.1, 0.15) is 0 Å². The van der Waals surface area contributed by atoms with E-state index >= 15 is 0 Å². The van der Waals surface area contributed by atoms with Crippen molar-refractivity contribution in [2.45, 2.75) is 31.8 Å². The molecule has 0 bridgehead atoms. The second kappa shape index (κ2) is 3.95. The number of rotatable bonds is 1. The minimum atomic E-state index is 0.639. The number of nitrogens with zero attached hydrogens (tertiary/aromatic N) is 1. The maximum atomic E-state index is 3.51. The molecule has 1 saturated heterocycles. The molecule has 0 saturated carbocycles. The SMILES string of the molecule is C[C@@H]1C[C@@H](n2ccc3ccccc32)CCN1. The number of hydrogen-bond donors (Lipinski definition) is 1. The molecule has 2 heterocycles. The fourth-order valence-electron chi connectivity index (χ4n) is 2.78. The molecule has 0 aliphatic carbocycles. The summed E-state index contributed by atoms with van der Waals surface area (Å²) >= 11 is 0. The zero-order valence-corrected chi connectivity index (χ0v) is 9.69. The molecule has 1 N–H and O–H groups in total. The van der Waals surface area contributed by atoms with E-state index in [1.165, 1.54) is 23.7 Å². The van der Waals surface area contributed by atoms with Crippen LogP contribution in [0.25, 0.3) is 10.9 Å². The Morgan fingerprint density at radius 2 is 2.12 bits per heavy atom. The van der Waals surface area contributed by atoms with E-state index in [4.69, 9.17) is 0 Å². The summed E-state index contributed by atoms with van der Waals surface area (Å²) in [5.41, 5.74) is 1.38. The van der Waals surface area contributed by atoms with Crippen LogP contribution in [0.15, 0.2) is 36.5 Å². The molecule has 0 amide bonds. The molecular formula is C14H18N2. The highest BCUT2D eigenvalue weighted by Gasteiger charge is 2.20. The summed E-state index contributed by atoms with van der Waals surface area (Å²) in [4.78, 5) is 0. The van der Waals surface area contributed by atoms with E-state index in [2.05, 4.69) is 53.3 Å². The molecule has 1 aliphatic heterocycles. The summed E-state index contributed by atoms with van der Waals surface area (Å²) in [5.74, 6) is 0. The Labute approximate surface area is 96.3 Å². The first-order valence-corrected chi connectivity index (χ1v) is 6.13. The smallest absolute Gasteiger partial charge is 0.0482 e. The first kappa shape index (κ1) is 9.91. The van der Waals surface area contributed by atoms with Crippen molar-refractivity contribution in [1.82, 2.24) is 9.88 Å². The lowest BCUT2D eigenvalue weighted by Gasteiger charge is -2.29. The van der Waals surface area contributed by atoms with Crippen LogP contribution < -0.4 is 5.32 Å². The van der Waals surface area contributed by atoms with Crippen LogP contribution in [0.5, 0.6) is 0 Å². The van der Waals surface area contributed by atoms with Crippen LogP contribution in [0.2, 0.25) is 0 Å². The second-order valence-electron chi connectivity index (χ2n) is 4.82. The number of benzene rings is 1. The highest BCUT2D eigenvalue weighted by molar-refractivity contribution is 5.80. The molecule has 2 nitrogen and oxygen atoms in total. The van der Waals surface area contributed by atoms with Crippen LogP contribution in [0.3, 0.4) is 0 Å². The predicted molar refractivity (Wildman–Crippen MR) is 67.7 cm³/mol. The van der Waals surface area contributed by atoms with E-state index < -0.39 is 0 Å². The maximum absolute atomic E-state index is 3.51. The molecule has 1 aromatic carbocycles. The largest absolute Gasteiger partial charge is 0.344 e. The molecule has 1 aromatic heterocycles. The van der Waals surface area contributed by atoms with Crippen molar-refractivity contribution >= 4 is 10.9 Å². The van der Waals surface area contributed by atoms with Gasteiger partial charge in [0.05, 0.1) is 0 Å². The van der Waals surface area contributed by atoms with Gasteiger partial charge < -0.3 is 9.88 Å². The van der Waals surface area contributed by atoms with Crippen LogP contribution in [0.4, 0.5) is 0 Å². The van der Waals surface area contributed by atoms with Crippen LogP contribution >= 0.6 is 0 Å². The van der Waals surface area contributed by atoms with Gasteiger partial charge in [-0.25, -0.2) is 0 Å². The molecule has 2 heteroatoms. The van der Waals surface area contributed by atoms with Gasteiger partial charge in [0, 0.05) is 23.8 Å². The molecule has 2 atom stereocenters. The van der Waals surface area contributed by atoms with Gasteiger partial charge in [-0.3, -0.25) is 0 Å². The minimum absolute atomic E-state index is 0.639. The van der Waals surface area contributed by atoms with Gasteiger partial charge in [-0.15, -0.1) is 0 Å². The van der Waals surface area contributed by atoms with Gasteiger partial charge in [0.25, 0.3) is 0 Å². The number of fused-ring (bicyclic) bond motifs is 1. The summed E-state index contributed by atoms with van der Waals surface area (Å²) in [5, 5.41) is 4.86. The van der Waals surface area contributed by atoms with Crippen molar-refractivity contribution in [1.29, 1.82) is 0 Å². The van der Waals surface area contributed by atoms with Gasteiger partial charge in [-0.2, -0.15) is 0 Å². The van der Waals surface area contributed by atoms with Crippen LogP contribution in [-0.4, -0.2) is 17.2 Å². The lowest BCUT2D eigenvalue weighted by molar-refractivity contribution is 0.319. The molecular weight excluding hydrogens is 196 g/mol. The third-order valence-electron chi connectivity index (χ3n) is 3.62. The highest BCUT2D eigenvalue weighted by atomic mass is 15.0. The maximum Gasteiger partial charge on any atom is 0.0482 e. The summed E-state index contributed by atoms with van der Waals surface area (Å²) in [6.07, 6.45) is 4.72. The zero-order chi connectivity index (χ0) is 11.0. The van der Waals surface area contributed by atoms with Crippen molar-refractivity contribution < 1.29 is 0 Å². The van der Waals surface area contributed by atoms with Crippen molar-refractivity contribution in [2.75, 3.05) is 6.54 Å². The number of piperidine rings is 1. The van der Waals surface area contributed by atoms with Crippen LogP contribution in [-0.2, 0) is 0 Å². The Balaban J connectivity index is 1.99. The van der Waals surface area contributed by atoms with Gasteiger partial charge in [-0.05, 0) is 43.8 Å². The lowest BCUT2D eigenvalue weighted by Crippen LogP contribution is -2.36. The molecule has 84 valence electrons. The van der Waals surface area contributed by atoms with E-state index in [0.29, 0.717) is 12.1 Å². The Morgan fingerprint density at radius 1 is 1.25 bits per heavy atom. The topological polar surface area (TPSA) is 17.0 Å². The lowest BCUT2D eigenvalue weighted by atomic mass is 10.0. The molecule has 2 aromatic rings. The third kappa shape index (κ3) is 1.63. The Hall–Kier alpha value is -1.28. The average Bonchev–Trinajstić information content (AvgIpc) is 2.72. The normalized spacial score (nSPS) is 26.1. The van der Waals surface area contributed by atoms with Crippen molar-refractivity contribution in [3.05, 3.63) is 36.5 Å². The minimum Gasteiger partial charge on any atom is -0.344 e. The zero-order valence-electron chi connectivity index (χ0n) is 9.69. The molecule has 3 rings (SSSR count).